The Bertz CT molecular complexity index is 969. The number of pyridine rings is 1. The van der Waals surface area contributed by atoms with Gasteiger partial charge >= 0.3 is 12.0 Å². The molecule has 3 rings (SSSR count). The average molecular weight is 367 g/mol. The van der Waals surface area contributed by atoms with E-state index in [1.54, 1.807) is 18.2 Å². The summed E-state index contributed by atoms with van der Waals surface area (Å²) in [5.41, 5.74) is 1.69. The molecule has 2 aromatic heterocycles. The summed E-state index contributed by atoms with van der Waals surface area (Å²) in [6, 6.07) is 11.7. The van der Waals surface area contributed by atoms with E-state index in [9.17, 15) is 9.90 Å². The Hall–Kier alpha value is -3.68. The van der Waals surface area contributed by atoms with Gasteiger partial charge < -0.3 is 19.3 Å². The van der Waals surface area contributed by atoms with Crippen molar-refractivity contribution in [2.45, 2.75) is 6.92 Å². The molecule has 0 bridgehead atoms. The maximum atomic E-state index is 11.9. The normalized spacial score (nSPS) is 10.3. The van der Waals surface area contributed by atoms with Crippen molar-refractivity contribution >= 4 is 5.97 Å². The highest BCUT2D eigenvalue weighted by atomic mass is 16.5. The van der Waals surface area contributed by atoms with Crippen molar-refractivity contribution in [2.75, 3.05) is 14.2 Å². The van der Waals surface area contributed by atoms with Gasteiger partial charge in [-0.1, -0.05) is 18.2 Å². The molecule has 8 nitrogen and oxygen atoms in total. The van der Waals surface area contributed by atoms with E-state index >= 15 is 0 Å². The molecule has 1 aromatic carbocycles. The lowest BCUT2D eigenvalue weighted by molar-refractivity contribution is 0.0695. The molecule has 0 aliphatic rings. The molecule has 0 aliphatic carbocycles. The summed E-state index contributed by atoms with van der Waals surface area (Å²) < 4.78 is 15.8. The van der Waals surface area contributed by atoms with E-state index in [1.807, 2.05) is 19.1 Å². The number of methoxy groups -OCH3 is 2. The quantitative estimate of drug-likeness (QED) is 0.707. The minimum Gasteiger partial charge on any atom is -0.481 e. The van der Waals surface area contributed by atoms with Gasteiger partial charge in [-0.3, -0.25) is 4.98 Å². The van der Waals surface area contributed by atoms with Crippen LogP contribution in [0.25, 0.3) is 11.3 Å². The number of benzene rings is 1. The SMILES string of the molecule is COc1cc(OC)nc(Oc2cccc(-c3cccc(C)n3)c2C(=O)O)n1. The summed E-state index contributed by atoms with van der Waals surface area (Å²) in [4.78, 5) is 24.5. The molecule has 0 saturated carbocycles. The molecule has 0 atom stereocenters. The molecule has 138 valence electrons. The highest BCUT2D eigenvalue weighted by Gasteiger charge is 2.20. The van der Waals surface area contributed by atoms with Gasteiger partial charge in [0.2, 0.25) is 11.8 Å². The van der Waals surface area contributed by atoms with Gasteiger partial charge in [0.15, 0.2) is 0 Å². The first kappa shape index (κ1) is 18.1. The van der Waals surface area contributed by atoms with E-state index in [4.69, 9.17) is 14.2 Å². The lowest BCUT2D eigenvalue weighted by Gasteiger charge is -2.12. The number of carbonyl (C=O) groups is 1. The zero-order chi connectivity index (χ0) is 19.4. The van der Waals surface area contributed by atoms with Crippen LogP contribution in [0.4, 0.5) is 0 Å². The number of aryl methyl sites for hydroxylation is 1. The molecule has 0 fully saturated rings. The number of rotatable bonds is 6. The van der Waals surface area contributed by atoms with Crippen LogP contribution in [0, 0.1) is 6.92 Å². The van der Waals surface area contributed by atoms with Crippen LogP contribution < -0.4 is 14.2 Å². The standard InChI is InChI=1S/C19H17N3O5/c1-11-6-4-8-13(20-11)12-7-5-9-14(17(12)18(23)24)27-19-21-15(25-2)10-16(22-19)26-3/h4-10H,1-3H3,(H,23,24). The van der Waals surface area contributed by atoms with Crippen LogP contribution in [0.5, 0.6) is 23.5 Å². The lowest BCUT2D eigenvalue weighted by Crippen LogP contribution is -2.05. The van der Waals surface area contributed by atoms with Crippen molar-refractivity contribution in [3.63, 3.8) is 0 Å². The zero-order valence-electron chi connectivity index (χ0n) is 15.0. The Labute approximate surface area is 155 Å². The first-order valence-electron chi connectivity index (χ1n) is 7.97. The van der Waals surface area contributed by atoms with Crippen LogP contribution in [0.15, 0.2) is 42.5 Å². The second-order valence-corrected chi connectivity index (χ2v) is 5.49. The highest BCUT2D eigenvalue weighted by molar-refractivity contribution is 5.98. The van der Waals surface area contributed by atoms with E-state index < -0.39 is 5.97 Å². The van der Waals surface area contributed by atoms with Crippen LogP contribution >= 0.6 is 0 Å². The predicted molar refractivity (Wildman–Crippen MR) is 96.6 cm³/mol. The maximum absolute atomic E-state index is 11.9. The van der Waals surface area contributed by atoms with Gasteiger partial charge in [0.25, 0.3) is 0 Å². The molecule has 0 unspecified atom stereocenters. The van der Waals surface area contributed by atoms with Gasteiger partial charge in [0.05, 0.1) is 26.0 Å². The lowest BCUT2D eigenvalue weighted by atomic mass is 10.0. The Balaban J connectivity index is 2.09. The first-order valence-corrected chi connectivity index (χ1v) is 7.97. The van der Waals surface area contributed by atoms with Crippen LogP contribution in [0.1, 0.15) is 16.1 Å². The average Bonchev–Trinajstić information content (AvgIpc) is 2.67. The van der Waals surface area contributed by atoms with E-state index in [2.05, 4.69) is 15.0 Å². The van der Waals surface area contributed by atoms with Crippen molar-refractivity contribution in [1.82, 2.24) is 15.0 Å². The van der Waals surface area contributed by atoms with Crippen LogP contribution in [-0.4, -0.2) is 40.2 Å². The van der Waals surface area contributed by atoms with Crippen molar-refractivity contribution < 1.29 is 24.1 Å². The van der Waals surface area contributed by atoms with Gasteiger partial charge in [-0.2, -0.15) is 9.97 Å². The predicted octanol–water partition coefficient (Wildman–Crippen LogP) is 3.35. The second kappa shape index (κ2) is 7.69. The number of aromatic nitrogens is 3. The minimum atomic E-state index is -1.15. The summed E-state index contributed by atoms with van der Waals surface area (Å²) in [5.74, 6) is -0.618. The molecule has 3 aromatic rings. The molecule has 8 heteroatoms. The molecular formula is C19H17N3O5. The van der Waals surface area contributed by atoms with Crippen molar-refractivity contribution in [2.24, 2.45) is 0 Å². The summed E-state index contributed by atoms with van der Waals surface area (Å²) in [6.45, 7) is 1.83. The fraction of sp³-hybridized carbons (Fsp3) is 0.158. The third-order valence-electron chi connectivity index (χ3n) is 3.68. The van der Waals surface area contributed by atoms with Crippen LogP contribution in [-0.2, 0) is 0 Å². The number of nitrogens with zero attached hydrogens (tertiary/aromatic N) is 3. The largest absolute Gasteiger partial charge is 0.481 e. The number of carboxylic acid groups (broad SMARTS) is 1. The number of carboxylic acids is 1. The van der Waals surface area contributed by atoms with E-state index in [-0.39, 0.29) is 29.1 Å². The molecule has 1 N–H and O–H groups in total. The molecule has 0 aliphatic heterocycles. The van der Waals surface area contributed by atoms with Gasteiger partial charge in [-0.05, 0) is 25.1 Å². The Kier molecular flexibility index (Phi) is 5.16. The number of ether oxygens (including phenoxy) is 3. The Morgan fingerprint density at radius 3 is 2.22 bits per heavy atom. The highest BCUT2D eigenvalue weighted by Crippen LogP contribution is 2.33. The van der Waals surface area contributed by atoms with Gasteiger partial charge in [-0.15, -0.1) is 0 Å². The van der Waals surface area contributed by atoms with E-state index in [1.165, 1.54) is 26.4 Å². The molecular weight excluding hydrogens is 350 g/mol. The van der Waals surface area contributed by atoms with Crippen molar-refractivity contribution in [1.29, 1.82) is 0 Å². The van der Waals surface area contributed by atoms with E-state index in [0.717, 1.165) is 5.69 Å². The summed E-state index contributed by atoms with van der Waals surface area (Å²) in [6.07, 6.45) is 0. The zero-order valence-corrected chi connectivity index (χ0v) is 15.0. The first-order chi connectivity index (χ1) is 13.0. The summed E-state index contributed by atoms with van der Waals surface area (Å²) >= 11 is 0. The molecule has 0 spiro atoms. The second-order valence-electron chi connectivity index (χ2n) is 5.49. The van der Waals surface area contributed by atoms with Gasteiger partial charge in [-0.25, -0.2) is 4.79 Å². The fourth-order valence-electron chi connectivity index (χ4n) is 2.48. The molecule has 2 heterocycles. The maximum Gasteiger partial charge on any atom is 0.340 e. The number of aromatic carboxylic acids is 1. The Morgan fingerprint density at radius 1 is 0.963 bits per heavy atom. The van der Waals surface area contributed by atoms with Crippen LogP contribution in [0.3, 0.4) is 0 Å². The van der Waals surface area contributed by atoms with E-state index in [0.29, 0.717) is 11.3 Å². The molecule has 0 radical (unpaired) electrons. The topological polar surface area (TPSA) is 104 Å². The third-order valence-corrected chi connectivity index (χ3v) is 3.68. The van der Waals surface area contributed by atoms with Crippen molar-refractivity contribution in [3.8, 4) is 34.8 Å². The monoisotopic (exact) mass is 367 g/mol. The van der Waals surface area contributed by atoms with Crippen molar-refractivity contribution in [3.05, 3.63) is 53.7 Å². The smallest absolute Gasteiger partial charge is 0.340 e. The van der Waals surface area contributed by atoms with Crippen LogP contribution in [0.2, 0.25) is 0 Å². The summed E-state index contributed by atoms with van der Waals surface area (Å²) in [5, 5.41) is 9.76. The fourth-order valence-corrected chi connectivity index (χ4v) is 2.48. The third kappa shape index (κ3) is 3.95. The number of hydrogen-bond donors (Lipinski definition) is 1. The van der Waals surface area contributed by atoms with Gasteiger partial charge in [0, 0.05) is 11.3 Å². The molecule has 0 saturated heterocycles. The van der Waals surface area contributed by atoms with Gasteiger partial charge in [0.1, 0.15) is 11.3 Å². The molecule has 0 amide bonds. The number of hydrogen-bond acceptors (Lipinski definition) is 7. The summed E-state index contributed by atoms with van der Waals surface area (Å²) in [7, 11) is 2.89. The minimum absolute atomic E-state index is 0.0408. The molecule has 27 heavy (non-hydrogen) atoms. The Morgan fingerprint density at radius 2 is 1.63 bits per heavy atom.